The summed E-state index contributed by atoms with van der Waals surface area (Å²) in [5.74, 6) is 1.43. The number of esters is 1. The number of piperidine rings is 1. The van der Waals surface area contributed by atoms with Gasteiger partial charge in [-0.1, -0.05) is 0 Å². The van der Waals surface area contributed by atoms with Crippen molar-refractivity contribution < 1.29 is 9.53 Å². The van der Waals surface area contributed by atoms with Crippen molar-refractivity contribution in [3.63, 3.8) is 0 Å². The zero-order valence-electron chi connectivity index (χ0n) is 10.7. The average Bonchev–Trinajstić information content (AvgIpc) is 2.46. The molecular formula is C12H18N4O2. The van der Waals surface area contributed by atoms with Crippen LogP contribution in [0.2, 0.25) is 0 Å². The monoisotopic (exact) mass is 250 g/mol. The summed E-state index contributed by atoms with van der Waals surface area (Å²) in [6, 6.07) is 1.89. The molecule has 1 saturated heterocycles. The maximum absolute atomic E-state index is 11.6. The van der Waals surface area contributed by atoms with Gasteiger partial charge in [0.05, 0.1) is 13.0 Å². The van der Waals surface area contributed by atoms with Crippen LogP contribution in [0.3, 0.4) is 0 Å². The van der Waals surface area contributed by atoms with Crippen molar-refractivity contribution in [3.8, 4) is 0 Å². The number of aromatic nitrogens is 2. The Balaban J connectivity index is 2.10. The van der Waals surface area contributed by atoms with E-state index in [1.165, 1.54) is 13.4 Å². The highest BCUT2D eigenvalue weighted by molar-refractivity contribution is 5.73. The van der Waals surface area contributed by atoms with Crippen molar-refractivity contribution in [1.29, 1.82) is 0 Å². The molecule has 6 heteroatoms. The van der Waals surface area contributed by atoms with Crippen LogP contribution < -0.4 is 10.2 Å². The molecule has 0 saturated carbocycles. The van der Waals surface area contributed by atoms with Crippen LogP contribution in [0.25, 0.3) is 0 Å². The molecule has 2 rings (SSSR count). The van der Waals surface area contributed by atoms with Gasteiger partial charge in [0, 0.05) is 26.2 Å². The first-order valence-corrected chi connectivity index (χ1v) is 6.07. The minimum absolute atomic E-state index is 0.0586. The first-order chi connectivity index (χ1) is 8.74. The smallest absolute Gasteiger partial charge is 0.310 e. The van der Waals surface area contributed by atoms with Crippen molar-refractivity contribution in [1.82, 2.24) is 9.97 Å². The molecule has 0 spiro atoms. The predicted octanol–water partition coefficient (Wildman–Crippen LogP) is 0.908. The Morgan fingerprint density at radius 1 is 1.56 bits per heavy atom. The van der Waals surface area contributed by atoms with E-state index in [1.807, 2.05) is 13.1 Å². The Hall–Kier alpha value is -1.85. The molecule has 1 aromatic heterocycles. The normalized spacial score (nSPS) is 19.4. The molecule has 1 fully saturated rings. The Morgan fingerprint density at radius 3 is 3.11 bits per heavy atom. The van der Waals surface area contributed by atoms with E-state index in [9.17, 15) is 4.79 Å². The van der Waals surface area contributed by atoms with Crippen LogP contribution in [0.4, 0.5) is 11.6 Å². The van der Waals surface area contributed by atoms with Gasteiger partial charge in [-0.05, 0) is 12.8 Å². The van der Waals surface area contributed by atoms with E-state index >= 15 is 0 Å². The van der Waals surface area contributed by atoms with Crippen LogP contribution in [0.5, 0.6) is 0 Å². The summed E-state index contributed by atoms with van der Waals surface area (Å²) in [4.78, 5) is 22.0. The molecule has 0 radical (unpaired) electrons. The lowest BCUT2D eigenvalue weighted by Crippen LogP contribution is -2.39. The largest absolute Gasteiger partial charge is 0.469 e. The second kappa shape index (κ2) is 5.66. The first kappa shape index (κ1) is 12.6. The highest BCUT2D eigenvalue weighted by atomic mass is 16.5. The molecule has 2 heterocycles. The third-order valence-electron chi connectivity index (χ3n) is 3.19. The quantitative estimate of drug-likeness (QED) is 0.804. The van der Waals surface area contributed by atoms with Gasteiger partial charge in [-0.15, -0.1) is 0 Å². The van der Waals surface area contributed by atoms with Gasteiger partial charge >= 0.3 is 5.97 Å². The lowest BCUT2D eigenvalue weighted by atomic mass is 9.98. The Bertz CT molecular complexity index is 424. The number of nitrogens with zero attached hydrogens (tertiary/aromatic N) is 3. The number of carbonyl (C=O) groups is 1. The minimum Gasteiger partial charge on any atom is -0.469 e. The molecule has 0 aliphatic carbocycles. The topological polar surface area (TPSA) is 67.4 Å². The van der Waals surface area contributed by atoms with E-state index in [0.29, 0.717) is 6.54 Å². The van der Waals surface area contributed by atoms with Crippen molar-refractivity contribution in [2.24, 2.45) is 5.92 Å². The summed E-state index contributed by atoms with van der Waals surface area (Å²) in [6.45, 7) is 1.57. The fourth-order valence-electron chi connectivity index (χ4n) is 2.20. The molecule has 1 unspecified atom stereocenters. The molecule has 1 aliphatic heterocycles. The molecular weight excluding hydrogens is 232 g/mol. The minimum atomic E-state index is -0.136. The number of nitrogens with one attached hydrogen (secondary N) is 1. The third kappa shape index (κ3) is 2.69. The molecule has 1 aromatic rings. The van der Waals surface area contributed by atoms with Gasteiger partial charge in [-0.3, -0.25) is 4.79 Å². The number of hydrogen-bond donors (Lipinski definition) is 1. The molecule has 6 nitrogen and oxygen atoms in total. The standard InChI is InChI=1S/C12H18N4O2/c1-13-10-6-11(15-8-14-10)16-5-3-4-9(7-16)12(17)18-2/h6,8-9H,3-5,7H2,1-2H3,(H,13,14,15). The zero-order valence-corrected chi connectivity index (χ0v) is 10.7. The third-order valence-corrected chi connectivity index (χ3v) is 3.19. The maximum atomic E-state index is 11.6. The Kier molecular flexibility index (Phi) is 3.96. The van der Waals surface area contributed by atoms with Crippen molar-refractivity contribution in [2.75, 3.05) is 37.5 Å². The molecule has 98 valence electrons. The highest BCUT2D eigenvalue weighted by Gasteiger charge is 2.27. The molecule has 0 bridgehead atoms. The first-order valence-electron chi connectivity index (χ1n) is 6.07. The second-order valence-electron chi connectivity index (χ2n) is 4.32. The molecule has 1 N–H and O–H groups in total. The molecule has 1 aliphatic rings. The summed E-state index contributed by atoms with van der Waals surface area (Å²) in [5, 5.41) is 2.98. The Labute approximate surface area is 106 Å². The number of methoxy groups -OCH3 is 1. The molecule has 0 amide bonds. The van der Waals surface area contributed by atoms with Crippen molar-refractivity contribution >= 4 is 17.6 Å². The summed E-state index contributed by atoms with van der Waals surface area (Å²) in [5.41, 5.74) is 0. The van der Waals surface area contributed by atoms with Gasteiger partial charge in [0.1, 0.15) is 18.0 Å². The van der Waals surface area contributed by atoms with Crippen LogP contribution in [-0.4, -0.2) is 43.2 Å². The summed E-state index contributed by atoms with van der Waals surface area (Å²) >= 11 is 0. The molecule has 1 atom stereocenters. The van der Waals surface area contributed by atoms with E-state index in [2.05, 4.69) is 20.2 Å². The van der Waals surface area contributed by atoms with Gasteiger partial charge < -0.3 is 15.0 Å². The van der Waals surface area contributed by atoms with Gasteiger partial charge in [0.15, 0.2) is 0 Å². The predicted molar refractivity (Wildman–Crippen MR) is 68.5 cm³/mol. The van der Waals surface area contributed by atoms with Gasteiger partial charge in [0.25, 0.3) is 0 Å². The lowest BCUT2D eigenvalue weighted by Gasteiger charge is -2.32. The van der Waals surface area contributed by atoms with Gasteiger partial charge in [-0.2, -0.15) is 0 Å². The van der Waals surface area contributed by atoms with Crippen LogP contribution in [0.15, 0.2) is 12.4 Å². The number of rotatable bonds is 3. The van der Waals surface area contributed by atoms with Crippen LogP contribution in [0, 0.1) is 5.92 Å². The zero-order chi connectivity index (χ0) is 13.0. The van der Waals surface area contributed by atoms with Crippen molar-refractivity contribution in [3.05, 3.63) is 12.4 Å². The summed E-state index contributed by atoms with van der Waals surface area (Å²) in [7, 11) is 3.25. The fraction of sp³-hybridized carbons (Fsp3) is 0.583. The lowest BCUT2D eigenvalue weighted by molar-refractivity contribution is -0.145. The number of anilines is 2. The molecule has 18 heavy (non-hydrogen) atoms. The maximum Gasteiger partial charge on any atom is 0.310 e. The van der Waals surface area contributed by atoms with Crippen LogP contribution >= 0.6 is 0 Å². The Morgan fingerprint density at radius 2 is 2.39 bits per heavy atom. The van der Waals surface area contributed by atoms with E-state index in [0.717, 1.165) is 31.0 Å². The summed E-state index contributed by atoms with van der Waals surface area (Å²) < 4.78 is 4.81. The van der Waals surface area contributed by atoms with E-state index in [4.69, 9.17) is 4.74 Å². The van der Waals surface area contributed by atoms with Crippen LogP contribution in [0.1, 0.15) is 12.8 Å². The van der Waals surface area contributed by atoms with E-state index in [1.54, 1.807) is 0 Å². The van der Waals surface area contributed by atoms with Gasteiger partial charge in [0.2, 0.25) is 0 Å². The van der Waals surface area contributed by atoms with Gasteiger partial charge in [-0.25, -0.2) is 9.97 Å². The summed E-state index contributed by atoms with van der Waals surface area (Å²) in [6.07, 6.45) is 3.38. The SMILES string of the molecule is CNc1cc(N2CCCC(C(=O)OC)C2)ncn1. The highest BCUT2D eigenvalue weighted by Crippen LogP contribution is 2.23. The number of ether oxygens (including phenoxy) is 1. The fourth-order valence-corrected chi connectivity index (χ4v) is 2.20. The van der Waals surface area contributed by atoms with E-state index < -0.39 is 0 Å². The van der Waals surface area contributed by atoms with Crippen LogP contribution in [-0.2, 0) is 9.53 Å². The number of hydrogen-bond acceptors (Lipinski definition) is 6. The molecule has 0 aromatic carbocycles. The van der Waals surface area contributed by atoms with Crippen molar-refractivity contribution in [2.45, 2.75) is 12.8 Å². The average molecular weight is 250 g/mol. The second-order valence-corrected chi connectivity index (χ2v) is 4.32. The van der Waals surface area contributed by atoms with E-state index in [-0.39, 0.29) is 11.9 Å². The number of carbonyl (C=O) groups excluding carboxylic acids is 1.